The number of para-hydroxylation sites is 1. The summed E-state index contributed by atoms with van der Waals surface area (Å²) in [6, 6.07) is 21.3. The van der Waals surface area contributed by atoms with Gasteiger partial charge < -0.3 is 15.4 Å². The van der Waals surface area contributed by atoms with Crippen LogP contribution in [0.5, 0.6) is 11.5 Å². The lowest BCUT2D eigenvalue weighted by Crippen LogP contribution is -2.37. The third-order valence-corrected chi connectivity index (χ3v) is 6.67. The number of allylic oxidation sites excluding steroid dienone is 1. The Hall–Kier alpha value is -4.64. The van der Waals surface area contributed by atoms with Crippen LogP contribution in [0.3, 0.4) is 0 Å². The first-order valence-electron chi connectivity index (χ1n) is 12.8. The molecule has 0 bridgehead atoms. The number of carbonyl (C=O) groups excluding carboxylic acids is 1. The molecule has 5 rings (SSSR count). The van der Waals surface area contributed by atoms with E-state index < -0.39 is 0 Å². The smallest absolute Gasteiger partial charge is 0.264 e. The highest BCUT2D eigenvalue weighted by Crippen LogP contribution is 2.33. The summed E-state index contributed by atoms with van der Waals surface area (Å²) in [5, 5.41) is 17.5. The summed E-state index contributed by atoms with van der Waals surface area (Å²) in [4.78, 5) is 20.0. The largest absolute Gasteiger partial charge is 0.457 e. The van der Waals surface area contributed by atoms with Crippen molar-refractivity contribution in [2.75, 3.05) is 12.3 Å². The van der Waals surface area contributed by atoms with Gasteiger partial charge in [-0.25, -0.2) is 0 Å². The van der Waals surface area contributed by atoms with Gasteiger partial charge in [0.15, 0.2) is 5.82 Å². The van der Waals surface area contributed by atoms with Crippen LogP contribution in [0.1, 0.15) is 32.4 Å². The van der Waals surface area contributed by atoms with E-state index in [4.69, 9.17) is 15.5 Å². The molecule has 2 aromatic heterocycles. The molecule has 1 saturated heterocycles. The van der Waals surface area contributed by atoms with Crippen molar-refractivity contribution in [3.63, 3.8) is 0 Å². The summed E-state index contributed by atoms with van der Waals surface area (Å²) in [5.41, 5.74) is 9.65. The number of H-pyrrole nitrogens is 1. The number of nitrogens with one attached hydrogen (secondary N) is 1. The second-order valence-corrected chi connectivity index (χ2v) is 9.87. The van der Waals surface area contributed by atoms with Crippen molar-refractivity contribution in [3.8, 4) is 28.8 Å². The Morgan fingerprint density at radius 1 is 1.21 bits per heavy atom. The average Bonchev–Trinajstić information content (AvgIpc) is 3.54. The number of rotatable bonds is 7. The van der Waals surface area contributed by atoms with Gasteiger partial charge in [0.05, 0.1) is 16.6 Å². The topological polar surface area (TPSA) is 121 Å². The van der Waals surface area contributed by atoms with Gasteiger partial charge in [-0.1, -0.05) is 38.1 Å². The molecule has 0 spiro atoms. The minimum Gasteiger partial charge on any atom is -0.457 e. The first-order valence-corrected chi connectivity index (χ1v) is 12.8. The number of fused-ring (bicyclic) bond motifs is 1. The van der Waals surface area contributed by atoms with E-state index in [1.165, 1.54) is 0 Å². The number of likely N-dealkylation sites (tertiary alicyclic amines) is 1. The number of benzene rings is 2. The third-order valence-electron chi connectivity index (χ3n) is 6.67. The molecule has 4 aromatic rings. The fourth-order valence-corrected chi connectivity index (χ4v) is 4.94. The highest BCUT2D eigenvalue weighted by atomic mass is 16.5. The quantitative estimate of drug-likeness (QED) is 0.247. The number of aromatic nitrogens is 3. The van der Waals surface area contributed by atoms with E-state index in [-0.39, 0.29) is 23.4 Å². The Morgan fingerprint density at radius 2 is 1.95 bits per heavy atom. The van der Waals surface area contributed by atoms with Gasteiger partial charge in [0.25, 0.3) is 5.91 Å². The zero-order chi connectivity index (χ0) is 26.6. The molecule has 0 aliphatic carbocycles. The number of nitrogen functional groups attached to an aromatic ring is 1. The summed E-state index contributed by atoms with van der Waals surface area (Å²) in [6.45, 7) is 4.56. The molecular formula is C30H30N6O2. The van der Waals surface area contributed by atoms with Gasteiger partial charge in [0.2, 0.25) is 0 Å². The first kappa shape index (κ1) is 25.0. The minimum absolute atomic E-state index is 0.0360. The van der Waals surface area contributed by atoms with E-state index in [1.54, 1.807) is 6.08 Å². The Labute approximate surface area is 221 Å². The summed E-state index contributed by atoms with van der Waals surface area (Å²) in [6.07, 6.45) is 4.06. The number of aromatic amines is 1. The van der Waals surface area contributed by atoms with Crippen LogP contribution in [0.25, 0.3) is 22.2 Å². The monoisotopic (exact) mass is 506 g/mol. The lowest BCUT2D eigenvalue weighted by molar-refractivity contribution is -0.127. The Bertz CT molecular complexity index is 1520. The normalized spacial score (nSPS) is 15.7. The summed E-state index contributed by atoms with van der Waals surface area (Å²) >= 11 is 0. The van der Waals surface area contributed by atoms with E-state index in [9.17, 15) is 10.1 Å². The standard InChI is InChI=1S/C30H30N6O2/c1-19(2)15-21(18-31)30(37)36-14-6-7-23(36)16-22-17-26-27(29(32)35-34-26)28(33-22)20-10-12-25(13-11-20)38-24-8-4-3-5-9-24/h3-5,8-13,15,17,19,23H,6-7,14,16H2,1-2H3,(H3,32,34,35)/b21-15-/t23-/m1/s1. The number of anilines is 1. The third kappa shape index (κ3) is 5.23. The van der Waals surface area contributed by atoms with Crippen molar-refractivity contribution >= 4 is 22.6 Å². The molecule has 38 heavy (non-hydrogen) atoms. The summed E-state index contributed by atoms with van der Waals surface area (Å²) < 4.78 is 5.94. The van der Waals surface area contributed by atoms with Crippen LogP contribution in [0.2, 0.25) is 0 Å². The average molecular weight is 507 g/mol. The predicted molar refractivity (Wildman–Crippen MR) is 147 cm³/mol. The zero-order valence-corrected chi connectivity index (χ0v) is 21.5. The van der Waals surface area contributed by atoms with Crippen LogP contribution >= 0.6 is 0 Å². The number of hydrogen-bond acceptors (Lipinski definition) is 6. The molecule has 3 N–H and O–H groups in total. The van der Waals surface area contributed by atoms with E-state index in [1.807, 2.05) is 79.4 Å². The van der Waals surface area contributed by atoms with Gasteiger partial charge in [0, 0.05) is 30.3 Å². The van der Waals surface area contributed by atoms with Crippen molar-refractivity contribution in [3.05, 3.63) is 78.0 Å². The minimum atomic E-state index is -0.204. The van der Waals surface area contributed by atoms with Gasteiger partial charge in [-0.3, -0.25) is 14.9 Å². The molecule has 1 aliphatic rings. The van der Waals surface area contributed by atoms with E-state index >= 15 is 0 Å². The zero-order valence-electron chi connectivity index (χ0n) is 21.5. The second-order valence-electron chi connectivity index (χ2n) is 9.87. The van der Waals surface area contributed by atoms with Crippen molar-refractivity contribution in [1.29, 1.82) is 5.26 Å². The molecule has 1 aliphatic heterocycles. The molecule has 0 unspecified atom stereocenters. The van der Waals surface area contributed by atoms with Crippen molar-refractivity contribution in [2.45, 2.75) is 39.2 Å². The van der Waals surface area contributed by atoms with Gasteiger partial charge in [-0.15, -0.1) is 0 Å². The number of hydrogen-bond donors (Lipinski definition) is 2. The molecule has 1 amide bonds. The summed E-state index contributed by atoms with van der Waals surface area (Å²) in [5.74, 6) is 1.78. The lowest BCUT2D eigenvalue weighted by Gasteiger charge is -2.24. The number of nitrogens with two attached hydrogens (primary N) is 1. The SMILES string of the molecule is CC(C)/C=C(/C#N)C(=O)N1CCC[C@@H]1Cc1cc2[nH]nc(N)c2c(-c2ccc(Oc3ccccc3)cc2)n1. The Kier molecular flexibility index (Phi) is 7.09. The maximum atomic E-state index is 13.1. The predicted octanol–water partition coefficient (Wildman–Crippen LogP) is 5.64. The molecule has 1 fully saturated rings. The Morgan fingerprint density at radius 3 is 2.66 bits per heavy atom. The van der Waals surface area contributed by atoms with Gasteiger partial charge in [-0.05, 0) is 61.2 Å². The molecule has 8 heteroatoms. The van der Waals surface area contributed by atoms with Gasteiger partial charge >= 0.3 is 0 Å². The van der Waals surface area contributed by atoms with Crippen LogP contribution in [0.4, 0.5) is 5.82 Å². The number of nitrogens with zero attached hydrogens (tertiary/aromatic N) is 4. The molecule has 0 saturated carbocycles. The van der Waals surface area contributed by atoms with Crippen LogP contribution in [-0.2, 0) is 11.2 Å². The van der Waals surface area contributed by atoms with E-state index in [0.717, 1.165) is 52.2 Å². The van der Waals surface area contributed by atoms with Crippen LogP contribution < -0.4 is 10.5 Å². The molecule has 8 nitrogen and oxygen atoms in total. The maximum Gasteiger partial charge on any atom is 0.264 e. The first-order chi connectivity index (χ1) is 18.4. The molecule has 192 valence electrons. The van der Waals surface area contributed by atoms with Crippen molar-refractivity contribution in [1.82, 2.24) is 20.1 Å². The van der Waals surface area contributed by atoms with Crippen molar-refractivity contribution in [2.24, 2.45) is 5.92 Å². The molecule has 1 atom stereocenters. The molecule has 3 heterocycles. The number of amides is 1. The van der Waals surface area contributed by atoms with Gasteiger partial charge in [-0.2, -0.15) is 10.4 Å². The number of carbonyl (C=O) groups is 1. The molecule has 2 aromatic carbocycles. The maximum absolute atomic E-state index is 13.1. The number of ether oxygens (including phenoxy) is 1. The highest BCUT2D eigenvalue weighted by Gasteiger charge is 2.31. The number of nitriles is 1. The Balaban J connectivity index is 1.43. The van der Waals surface area contributed by atoms with Crippen LogP contribution in [0.15, 0.2) is 72.3 Å². The highest BCUT2D eigenvalue weighted by molar-refractivity contribution is 6.00. The fourth-order valence-electron chi connectivity index (χ4n) is 4.94. The van der Waals surface area contributed by atoms with Gasteiger partial charge in [0.1, 0.15) is 23.1 Å². The van der Waals surface area contributed by atoms with Crippen molar-refractivity contribution < 1.29 is 9.53 Å². The van der Waals surface area contributed by atoms with Crippen LogP contribution in [-0.4, -0.2) is 38.6 Å². The fraction of sp³-hybridized carbons (Fsp3) is 0.267. The van der Waals surface area contributed by atoms with E-state index in [0.29, 0.717) is 18.8 Å². The van der Waals surface area contributed by atoms with Crippen LogP contribution in [0, 0.1) is 17.2 Å². The lowest BCUT2D eigenvalue weighted by atomic mass is 10.0. The second kappa shape index (κ2) is 10.8. The molecule has 0 radical (unpaired) electrons. The number of pyridine rings is 1. The van der Waals surface area contributed by atoms with E-state index in [2.05, 4.69) is 16.3 Å². The molecular weight excluding hydrogens is 476 g/mol. The summed E-state index contributed by atoms with van der Waals surface area (Å²) in [7, 11) is 0.